The standard InChI is InChI=1S/C14H22N2O/c1-9-6-7-10(2)11(8-9)16-13(17)12(15)14(3,4)5/h6-8,12H,15H2,1-5H3,(H,16,17). The van der Waals surface area contributed by atoms with Crippen molar-refractivity contribution in [3.63, 3.8) is 0 Å². The van der Waals surface area contributed by atoms with Gasteiger partial charge < -0.3 is 11.1 Å². The second-order valence-corrected chi connectivity index (χ2v) is 5.65. The van der Waals surface area contributed by atoms with Crippen LogP contribution in [0, 0.1) is 19.3 Å². The van der Waals surface area contributed by atoms with E-state index in [0.717, 1.165) is 16.8 Å². The molecule has 0 fully saturated rings. The molecule has 0 spiro atoms. The molecule has 0 aromatic heterocycles. The molecule has 1 rings (SSSR count). The number of anilines is 1. The smallest absolute Gasteiger partial charge is 0.241 e. The van der Waals surface area contributed by atoms with E-state index >= 15 is 0 Å². The quantitative estimate of drug-likeness (QED) is 0.826. The molecule has 3 nitrogen and oxygen atoms in total. The molecule has 0 heterocycles. The topological polar surface area (TPSA) is 55.1 Å². The number of hydrogen-bond acceptors (Lipinski definition) is 2. The Morgan fingerprint density at radius 3 is 2.41 bits per heavy atom. The van der Waals surface area contributed by atoms with Crippen LogP contribution in [0.2, 0.25) is 0 Å². The summed E-state index contributed by atoms with van der Waals surface area (Å²) < 4.78 is 0. The Balaban J connectivity index is 2.85. The molecular formula is C14H22N2O. The zero-order valence-corrected chi connectivity index (χ0v) is 11.3. The average Bonchev–Trinajstić information content (AvgIpc) is 2.21. The van der Waals surface area contributed by atoms with E-state index < -0.39 is 6.04 Å². The van der Waals surface area contributed by atoms with Gasteiger partial charge in [-0.05, 0) is 36.5 Å². The second kappa shape index (κ2) is 4.88. The number of nitrogens with one attached hydrogen (secondary N) is 1. The number of benzene rings is 1. The largest absolute Gasteiger partial charge is 0.324 e. The van der Waals surface area contributed by atoms with Crippen LogP contribution < -0.4 is 11.1 Å². The van der Waals surface area contributed by atoms with Crippen molar-refractivity contribution in [1.82, 2.24) is 0 Å². The summed E-state index contributed by atoms with van der Waals surface area (Å²) in [5.41, 5.74) is 8.69. The lowest BCUT2D eigenvalue weighted by molar-refractivity contribution is -0.119. The van der Waals surface area contributed by atoms with E-state index in [9.17, 15) is 4.79 Å². The third kappa shape index (κ3) is 3.56. The molecule has 17 heavy (non-hydrogen) atoms. The molecule has 94 valence electrons. The summed E-state index contributed by atoms with van der Waals surface area (Å²) in [6.45, 7) is 9.84. The molecule has 1 aromatic rings. The fourth-order valence-corrected chi connectivity index (χ4v) is 1.47. The summed E-state index contributed by atoms with van der Waals surface area (Å²) in [5, 5.41) is 2.89. The van der Waals surface area contributed by atoms with Gasteiger partial charge in [-0.1, -0.05) is 32.9 Å². The predicted molar refractivity (Wildman–Crippen MR) is 72.0 cm³/mol. The minimum Gasteiger partial charge on any atom is -0.324 e. The van der Waals surface area contributed by atoms with E-state index in [1.807, 2.05) is 52.8 Å². The minimum atomic E-state index is -0.512. The van der Waals surface area contributed by atoms with E-state index in [-0.39, 0.29) is 11.3 Å². The van der Waals surface area contributed by atoms with E-state index in [1.165, 1.54) is 0 Å². The first-order chi connectivity index (χ1) is 7.71. The van der Waals surface area contributed by atoms with Crippen molar-refractivity contribution in [2.75, 3.05) is 5.32 Å². The van der Waals surface area contributed by atoms with Gasteiger partial charge in [0.1, 0.15) is 0 Å². The lowest BCUT2D eigenvalue weighted by Gasteiger charge is -2.26. The van der Waals surface area contributed by atoms with Crippen molar-refractivity contribution in [2.45, 2.75) is 40.7 Å². The van der Waals surface area contributed by atoms with Crippen molar-refractivity contribution in [1.29, 1.82) is 0 Å². The molecule has 0 saturated heterocycles. The molecule has 0 aliphatic carbocycles. The number of nitrogens with two attached hydrogens (primary N) is 1. The van der Waals surface area contributed by atoms with Gasteiger partial charge in [0.05, 0.1) is 6.04 Å². The van der Waals surface area contributed by atoms with Gasteiger partial charge in [0.2, 0.25) is 5.91 Å². The van der Waals surface area contributed by atoms with Crippen LogP contribution in [0.4, 0.5) is 5.69 Å². The minimum absolute atomic E-state index is 0.133. The van der Waals surface area contributed by atoms with E-state index in [2.05, 4.69) is 5.32 Å². The van der Waals surface area contributed by atoms with Gasteiger partial charge in [0, 0.05) is 5.69 Å². The molecule has 0 radical (unpaired) electrons. The van der Waals surface area contributed by atoms with Gasteiger partial charge in [-0.25, -0.2) is 0 Å². The SMILES string of the molecule is Cc1ccc(C)c(NC(=O)C(N)C(C)(C)C)c1. The highest BCUT2D eigenvalue weighted by Crippen LogP contribution is 2.21. The molecule has 0 saturated carbocycles. The number of hydrogen-bond donors (Lipinski definition) is 2. The summed E-state index contributed by atoms with van der Waals surface area (Å²) in [6.07, 6.45) is 0. The molecule has 0 aliphatic rings. The van der Waals surface area contributed by atoms with Crippen molar-refractivity contribution in [2.24, 2.45) is 11.1 Å². The summed E-state index contributed by atoms with van der Waals surface area (Å²) in [7, 11) is 0. The Bertz CT molecular complexity index is 419. The molecule has 3 heteroatoms. The summed E-state index contributed by atoms with van der Waals surface area (Å²) >= 11 is 0. The van der Waals surface area contributed by atoms with Gasteiger partial charge in [0.15, 0.2) is 0 Å². The van der Waals surface area contributed by atoms with Gasteiger partial charge >= 0.3 is 0 Å². The normalized spacial score (nSPS) is 13.3. The van der Waals surface area contributed by atoms with E-state index in [4.69, 9.17) is 5.73 Å². The maximum absolute atomic E-state index is 12.0. The monoisotopic (exact) mass is 234 g/mol. The Morgan fingerprint density at radius 2 is 1.88 bits per heavy atom. The summed E-state index contributed by atoms with van der Waals surface area (Å²) in [6, 6.07) is 5.47. The first-order valence-electron chi connectivity index (χ1n) is 5.85. The van der Waals surface area contributed by atoms with E-state index in [0.29, 0.717) is 0 Å². The molecule has 0 bridgehead atoms. The number of rotatable bonds is 2. The molecule has 1 atom stereocenters. The lowest BCUT2D eigenvalue weighted by Crippen LogP contribution is -2.45. The maximum Gasteiger partial charge on any atom is 0.241 e. The van der Waals surface area contributed by atoms with Crippen LogP contribution in [0.15, 0.2) is 18.2 Å². The highest BCUT2D eigenvalue weighted by molar-refractivity contribution is 5.95. The number of carbonyl (C=O) groups is 1. The highest BCUT2D eigenvalue weighted by atomic mass is 16.2. The van der Waals surface area contributed by atoms with Gasteiger partial charge in [-0.15, -0.1) is 0 Å². The Morgan fingerprint density at radius 1 is 1.29 bits per heavy atom. The Labute approximate surface area is 103 Å². The zero-order valence-electron chi connectivity index (χ0n) is 11.3. The van der Waals surface area contributed by atoms with Crippen LogP contribution in [0.5, 0.6) is 0 Å². The third-order valence-corrected chi connectivity index (χ3v) is 2.87. The van der Waals surface area contributed by atoms with E-state index in [1.54, 1.807) is 0 Å². The molecule has 1 amide bonds. The number of aryl methyl sites for hydroxylation is 2. The lowest BCUT2D eigenvalue weighted by atomic mass is 9.87. The number of carbonyl (C=O) groups excluding carboxylic acids is 1. The zero-order chi connectivity index (χ0) is 13.2. The molecule has 3 N–H and O–H groups in total. The van der Waals surface area contributed by atoms with Crippen LogP contribution in [0.3, 0.4) is 0 Å². The van der Waals surface area contributed by atoms with Crippen LogP contribution in [0.25, 0.3) is 0 Å². The fraction of sp³-hybridized carbons (Fsp3) is 0.500. The van der Waals surface area contributed by atoms with Gasteiger partial charge in [-0.3, -0.25) is 4.79 Å². The average molecular weight is 234 g/mol. The molecule has 0 aliphatic heterocycles. The van der Waals surface area contributed by atoms with Crippen molar-refractivity contribution in [3.05, 3.63) is 29.3 Å². The van der Waals surface area contributed by atoms with Crippen molar-refractivity contribution in [3.8, 4) is 0 Å². The first-order valence-corrected chi connectivity index (χ1v) is 5.85. The predicted octanol–water partition coefficient (Wildman–Crippen LogP) is 2.62. The van der Waals surface area contributed by atoms with Gasteiger partial charge in [-0.2, -0.15) is 0 Å². The van der Waals surface area contributed by atoms with Crippen molar-refractivity contribution >= 4 is 11.6 Å². The first kappa shape index (κ1) is 13.7. The van der Waals surface area contributed by atoms with Crippen LogP contribution in [0.1, 0.15) is 31.9 Å². The van der Waals surface area contributed by atoms with Crippen molar-refractivity contribution < 1.29 is 4.79 Å². The summed E-state index contributed by atoms with van der Waals surface area (Å²) in [4.78, 5) is 12.0. The van der Waals surface area contributed by atoms with Crippen LogP contribution in [-0.4, -0.2) is 11.9 Å². The molecule has 1 aromatic carbocycles. The third-order valence-electron chi connectivity index (χ3n) is 2.87. The highest BCUT2D eigenvalue weighted by Gasteiger charge is 2.27. The second-order valence-electron chi connectivity index (χ2n) is 5.65. The van der Waals surface area contributed by atoms with Crippen LogP contribution in [-0.2, 0) is 4.79 Å². The fourth-order valence-electron chi connectivity index (χ4n) is 1.47. The number of amides is 1. The molecule has 1 unspecified atom stereocenters. The molecular weight excluding hydrogens is 212 g/mol. The Kier molecular flexibility index (Phi) is 3.94. The maximum atomic E-state index is 12.0. The van der Waals surface area contributed by atoms with Gasteiger partial charge in [0.25, 0.3) is 0 Å². The van der Waals surface area contributed by atoms with Crippen LogP contribution >= 0.6 is 0 Å². The summed E-state index contributed by atoms with van der Waals surface area (Å²) in [5.74, 6) is -0.133. The Hall–Kier alpha value is -1.35.